The first-order valence-electron chi connectivity index (χ1n) is 2.95. The number of nitrogens with two attached hydrogens (primary N) is 1. The van der Waals surface area contributed by atoms with Gasteiger partial charge in [0.05, 0.1) is 7.11 Å². The molecule has 62 valence electrons. The van der Waals surface area contributed by atoms with Gasteiger partial charge in [-0.25, -0.2) is 10.2 Å². The van der Waals surface area contributed by atoms with Gasteiger partial charge in [0.25, 0.3) is 0 Å². The number of nitrogens with zero attached hydrogens (tertiary/aromatic N) is 1. The average Bonchev–Trinajstić information content (AvgIpc) is 1.96. The molecule has 0 aromatic carbocycles. The molecule has 1 aliphatic heterocycles. The van der Waals surface area contributed by atoms with Crippen LogP contribution >= 0.6 is 15.9 Å². The Kier molecular flexibility index (Phi) is 2.51. The first-order chi connectivity index (χ1) is 5.15. The number of hydrogen-bond donors (Lipinski definition) is 1. The van der Waals surface area contributed by atoms with Crippen molar-refractivity contribution in [1.29, 1.82) is 0 Å². The van der Waals surface area contributed by atoms with Gasteiger partial charge in [-0.2, -0.15) is 0 Å². The zero-order valence-corrected chi connectivity index (χ0v) is 7.51. The minimum atomic E-state index is -1.39. The molecule has 3 nitrogen and oxygen atoms in total. The van der Waals surface area contributed by atoms with E-state index in [2.05, 4.69) is 15.9 Å². The Labute approximate surface area is 72.4 Å². The largest absolute Gasteiger partial charge is 0.496 e. The van der Waals surface area contributed by atoms with Crippen molar-refractivity contribution in [2.24, 2.45) is 5.84 Å². The number of methoxy groups -OCH3 is 1. The van der Waals surface area contributed by atoms with Crippen LogP contribution in [0.4, 0.5) is 4.39 Å². The lowest BCUT2D eigenvalue weighted by Gasteiger charge is -2.24. The molecule has 0 saturated carbocycles. The molecule has 1 atom stereocenters. The van der Waals surface area contributed by atoms with E-state index >= 15 is 0 Å². The number of rotatable bonds is 1. The van der Waals surface area contributed by atoms with Gasteiger partial charge in [0, 0.05) is 10.7 Å². The number of hydrazine groups is 1. The van der Waals surface area contributed by atoms with E-state index in [4.69, 9.17) is 10.6 Å². The van der Waals surface area contributed by atoms with Crippen LogP contribution in [0.2, 0.25) is 0 Å². The molecule has 0 aliphatic carbocycles. The molecule has 5 heteroatoms. The van der Waals surface area contributed by atoms with Gasteiger partial charge in [-0.05, 0) is 22.0 Å². The molecule has 0 spiro atoms. The maximum absolute atomic E-state index is 13.0. The summed E-state index contributed by atoms with van der Waals surface area (Å²) in [6.07, 6.45) is 1.59. The van der Waals surface area contributed by atoms with Gasteiger partial charge in [0.15, 0.2) is 5.76 Å². The lowest BCUT2D eigenvalue weighted by atomic mass is 10.3. The standard InChI is InChI=1S/C6H8BrFN2O/c1-11-5-2-4(7)3-10(9)6(5)8/h2-3,6H,9H2,1H3. The highest BCUT2D eigenvalue weighted by Gasteiger charge is 2.21. The van der Waals surface area contributed by atoms with E-state index in [9.17, 15) is 4.39 Å². The number of hydrogen-bond acceptors (Lipinski definition) is 3. The summed E-state index contributed by atoms with van der Waals surface area (Å²) in [6.45, 7) is 0. The van der Waals surface area contributed by atoms with E-state index in [1.54, 1.807) is 0 Å². The molecule has 0 bridgehead atoms. The highest BCUT2D eigenvalue weighted by Crippen LogP contribution is 2.22. The zero-order chi connectivity index (χ0) is 8.43. The first-order valence-corrected chi connectivity index (χ1v) is 3.74. The van der Waals surface area contributed by atoms with E-state index in [1.807, 2.05) is 0 Å². The molecule has 1 aliphatic rings. The Hall–Kier alpha value is -0.550. The van der Waals surface area contributed by atoms with Crippen LogP contribution in [0.1, 0.15) is 0 Å². The Morgan fingerprint density at radius 3 is 3.00 bits per heavy atom. The molecule has 1 unspecified atom stereocenters. The van der Waals surface area contributed by atoms with Crippen molar-refractivity contribution < 1.29 is 9.13 Å². The van der Waals surface area contributed by atoms with E-state index < -0.39 is 6.30 Å². The molecule has 0 radical (unpaired) electrons. The molecule has 11 heavy (non-hydrogen) atoms. The van der Waals surface area contributed by atoms with E-state index in [0.717, 1.165) is 5.01 Å². The Morgan fingerprint density at radius 2 is 2.45 bits per heavy atom. The average molecular weight is 223 g/mol. The Bertz CT molecular complexity index is 217. The Balaban J connectivity index is 2.84. The number of allylic oxidation sites excluding steroid dienone is 2. The van der Waals surface area contributed by atoms with Gasteiger partial charge in [0.2, 0.25) is 6.30 Å². The van der Waals surface area contributed by atoms with E-state index in [1.165, 1.54) is 19.4 Å². The number of halogens is 2. The fourth-order valence-electron chi connectivity index (χ4n) is 0.753. The maximum atomic E-state index is 13.0. The summed E-state index contributed by atoms with van der Waals surface area (Å²) in [5, 5.41) is 0.933. The normalized spacial score (nSPS) is 24.4. The van der Waals surface area contributed by atoms with E-state index in [0.29, 0.717) is 4.48 Å². The quantitative estimate of drug-likeness (QED) is 0.536. The maximum Gasteiger partial charge on any atom is 0.242 e. The second-order valence-corrected chi connectivity index (χ2v) is 2.96. The third kappa shape index (κ3) is 1.72. The SMILES string of the molecule is COC1=CC(Br)=CN(N)C1F. The predicted molar refractivity (Wildman–Crippen MR) is 43.0 cm³/mol. The summed E-state index contributed by atoms with van der Waals surface area (Å²) in [5.74, 6) is 5.46. The van der Waals surface area contributed by atoms with Crippen LogP contribution in [0.25, 0.3) is 0 Å². The molecule has 0 saturated heterocycles. The van der Waals surface area contributed by atoms with Gasteiger partial charge in [-0.3, -0.25) is 5.01 Å². The monoisotopic (exact) mass is 222 g/mol. The predicted octanol–water partition coefficient (Wildman–Crippen LogP) is 1.24. The van der Waals surface area contributed by atoms with Crippen molar-refractivity contribution in [3.63, 3.8) is 0 Å². The molecule has 0 aromatic heterocycles. The molecule has 0 fully saturated rings. The van der Waals surface area contributed by atoms with Crippen LogP contribution in [-0.4, -0.2) is 18.4 Å². The van der Waals surface area contributed by atoms with Crippen LogP contribution in [0.3, 0.4) is 0 Å². The van der Waals surface area contributed by atoms with Crippen LogP contribution in [0, 0.1) is 0 Å². The van der Waals surface area contributed by atoms with E-state index in [-0.39, 0.29) is 5.76 Å². The second kappa shape index (κ2) is 3.23. The third-order valence-electron chi connectivity index (χ3n) is 1.28. The van der Waals surface area contributed by atoms with Crippen LogP contribution < -0.4 is 5.84 Å². The zero-order valence-electron chi connectivity index (χ0n) is 5.92. The van der Waals surface area contributed by atoms with Crippen molar-refractivity contribution >= 4 is 15.9 Å². The fourth-order valence-corrected chi connectivity index (χ4v) is 1.21. The van der Waals surface area contributed by atoms with Gasteiger partial charge in [-0.15, -0.1) is 0 Å². The number of ether oxygens (including phenoxy) is 1. The summed E-state index contributed by atoms with van der Waals surface area (Å²) in [4.78, 5) is 0. The molecule has 2 N–H and O–H groups in total. The molecule has 1 rings (SSSR count). The van der Waals surface area contributed by atoms with Crippen molar-refractivity contribution in [1.82, 2.24) is 5.01 Å². The van der Waals surface area contributed by atoms with Crippen molar-refractivity contribution in [2.75, 3.05) is 7.11 Å². The summed E-state index contributed by atoms with van der Waals surface area (Å²) >= 11 is 3.15. The number of alkyl halides is 1. The lowest BCUT2D eigenvalue weighted by Crippen LogP contribution is -2.37. The topological polar surface area (TPSA) is 38.5 Å². The molecule has 0 amide bonds. The first kappa shape index (κ1) is 8.55. The van der Waals surface area contributed by atoms with Crippen LogP contribution in [-0.2, 0) is 4.74 Å². The summed E-state index contributed by atoms with van der Waals surface area (Å²) in [6, 6.07) is 0. The molecule has 0 aromatic rings. The van der Waals surface area contributed by atoms with Crippen molar-refractivity contribution in [2.45, 2.75) is 6.30 Å². The second-order valence-electron chi connectivity index (χ2n) is 2.05. The van der Waals surface area contributed by atoms with Crippen LogP contribution in [0.5, 0.6) is 0 Å². The minimum Gasteiger partial charge on any atom is -0.496 e. The van der Waals surface area contributed by atoms with Crippen molar-refractivity contribution in [3.8, 4) is 0 Å². The van der Waals surface area contributed by atoms with Crippen LogP contribution in [0.15, 0.2) is 22.5 Å². The highest BCUT2D eigenvalue weighted by molar-refractivity contribution is 9.11. The molecular weight excluding hydrogens is 215 g/mol. The smallest absolute Gasteiger partial charge is 0.242 e. The van der Waals surface area contributed by atoms with Gasteiger partial charge in [0.1, 0.15) is 0 Å². The summed E-state index contributed by atoms with van der Waals surface area (Å²) in [7, 11) is 1.40. The van der Waals surface area contributed by atoms with Gasteiger partial charge >= 0.3 is 0 Å². The Morgan fingerprint density at radius 1 is 1.82 bits per heavy atom. The minimum absolute atomic E-state index is 0.196. The highest BCUT2D eigenvalue weighted by atomic mass is 79.9. The molecule has 1 heterocycles. The third-order valence-corrected chi connectivity index (χ3v) is 1.72. The van der Waals surface area contributed by atoms with Crippen molar-refractivity contribution in [3.05, 3.63) is 22.5 Å². The summed E-state index contributed by atoms with van der Waals surface area (Å²) in [5.41, 5.74) is 0. The van der Waals surface area contributed by atoms with Gasteiger partial charge in [-0.1, -0.05) is 0 Å². The summed E-state index contributed by atoms with van der Waals surface area (Å²) < 4.78 is 18.4. The fraction of sp³-hybridized carbons (Fsp3) is 0.333. The lowest BCUT2D eigenvalue weighted by molar-refractivity contribution is 0.0938. The molecular formula is C6H8BrFN2O. The van der Waals surface area contributed by atoms with Gasteiger partial charge < -0.3 is 4.74 Å².